The van der Waals surface area contributed by atoms with E-state index in [-0.39, 0.29) is 5.56 Å². The molecule has 0 aliphatic carbocycles. The molecule has 0 saturated carbocycles. The number of para-hydroxylation sites is 1. The highest BCUT2D eigenvalue weighted by Gasteiger charge is 2.18. The fourth-order valence-corrected chi connectivity index (χ4v) is 3.33. The topological polar surface area (TPSA) is 92.3 Å². The van der Waals surface area contributed by atoms with E-state index in [1.165, 1.54) is 0 Å². The zero-order valence-electron chi connectivity index (χ0n) is 16.6. The van der Waals surface area contributed by atoms with Crippen LogP contribution >= 0.6 is 0 Å². The summed E-state index contributed by atoms with van der Waals surface area (Å²) < 4.78 is 18.0. The van der Waals surface area contributed by atoms with Crippen molar-refractivity contribution < 1.29 is 14.0 Å². The molecule has 2 aromatic heterocycles. The van der Waals surface area contributed by atoms with Crippen LogP contribution < -0.4 is 15.0 Å². The van der Waals surface area contributed by atoms with Gasteiger partial charge in [0.2, 0.25) is 5.82 Å². The van der Waals surface area contributed by atoms with Crippen LogP contribution in [0.15, 0.2) is 45.7 Å². The molecule has 0 aliphatic heterocycles. The van der Waals surface area contributed by atoms with E-state index in [1.54, 1.807) is 31.8 Å². The van der Waals surface area contributed by atoms with E-state index < -0.39 is 0 Å². The summed E-state index contributed by atoms with van der Waals surface area (Å²) >= 11 is 0. The second kappa shape index (κ2) is 7.38. The molecule has 0 aliphatic rings. The average molecular weight is 392 g/mol. The Bertz CT molecular complexity index is 1260. The maximum Gasteiger partial charge on any atom is 0.272 e. The van der Waals surface area contributed by atoms with Gasteiger partial charge in [-0.3, -0.25) is 4.79 Å². The van der Waals surface area contributed by atoms with Crippen LogP contribution in [0.4, 0.5) is 0 Å². The molecule has 0 amide bonds. The first kappa shape index (κ1) is 18.7. The monoisotopic (exact) mass is 392 g/mol. The molecule has 0 atom stereocenters. The summed E-state index contributed by atoms with van der Waals surface area (Å²) in [6.45, 7) is 4.21. The number of rotatable bonds is 5. The van der Waals surface area contributed by atoms with Crippen LogP contribution in [-0.4, -0.2) is 33.9 Å². The van der Waals surface area contributed by atoms with Gasteiger partial charge in [0.15, 0.2) is 11.5 Å². The SMILES string of the molecule is CCn1c(=O)c(C)nc2cc(-c3noc(-c4cccc(OC)c4OC)n3)ccc21. The average Bonchev–Trinajstić information content (AvgIpc) is 3.23. The lowest BCUT2D eigenvalue weighted by Crippen LogP contribution is -2.23. The summed E-state index contributed by atoms with van der Waals surface area (Å²) in [6, 6.07) is 11.0. The highest BCUT2D eigenvalue weighted by Crippen LogP contribution is 2.37. The van der Waals surface area contributed by atoms with Crippen molar-refractivity contribution in [2.24, 2.45) is 0 Å². The molecule has 4 rings (SSSR count). The lowest BCUT2D eigenvalue weighted by molar-refractivity contribution is 0.353. The Morgan fingerprint density at radius 1 is 1.10 bits per heavy atom. The molecule has 0 radical (unpaired) electrons. The zero-order valence-corrected chi connectivity index (χ0v) is 16.6. The fourth-order valence-electron chi connectivity index (χ4n) is 3.33. The van der Waals surface area contributed by atoms with Crippen molar-refractivity contribution in [2.45, 2.75) is 20.4 Å². The van der Waals surface area contributed by atoms with Gasteiger partial charge in [0, 0.05) is 12.1 Å². The molecule has 0 fully saturated rings. The van der Waals surface area contributed by atoms with Crippen molar-refractivity contribution in [2.75, 3.05) is 14.2 Å². The Hall–Kier alpha value is -3.68. The van der Waals surface area contributed by atoms with Crippen molar-refractivity contribution in [3.8, 4) is 34.3 Å². The van der Waals surface area contributed by atoms with Crippen molar-refractivity contribution in [3.05, 3.63) is 52.4 Å². The molecule has 2 aromatic carbocycles. The van der Waals surface area contributed by atoms with Gasteiger partial charge in [-0.15, -0.1) is 0 Å². The Labute approximate surface area is 166 Å². The van der Waals surface area contributed by atoms with E-state index in [4.69, 9.17) is 14.0 Å². The molecule has 0 unspecified atom stereocenters. The van der Waals surface area contributed by atoms with Crippen LogP contribution in [0.5, 0.6) is 11.5 Å². The van der Waals surface area contributed by atoms with Gasteiger partial charge >= 0.3 is 0 Å². The second-order valence-corrected chi connectivity index (χ2v) is 6.41. The van der Waals surface area contributed by atoms with Crippen LogP contribution in [-0.2, 0) is 6.54 Å². The fraction of sp³-hybridized carbons (Fsp3) is 0.238. The summed E-state index contributed by atoms with van der Waals surface area (Å²) in [5, 5.41) is 4.10. The standard InChI is InChI=1S/C21H20N4O4/c1-5-25-16-10-9-13(11-15(16)22-12(2)21(25)26)19-23-20(29-24-19)14-7-6-8-17(27-3)18(14)28-4/h6-11H,5H2,1-4H3. The third-order valence-electron chi connectivity index (χ3n) is 4.74. The highest BCUT2D eigenvalue weighted by atomic mass is 16.5. The van der Waals surface area contributed by atoms with Gasteiger partial charge < -0.3 is 18.6 Å². The Kier molecular flexibility index (Phi) is 4.75. The lowest BCUT2D eigenvalue weighted by atomic mass is 10.1. The first-order valence-electron chi connectivity index (χ1n) is 9.14. The molecule has 29 heavy (non-hydrogen) atoms. The smallest absolute Gasteiger partial charge is 0.272 e. The molecule has 0 N–H and O–H groups in total. The van der Waals surface area contributed by atoms with E-state index in [1.807, 2.05) is 37.3 Å². The van der Waals surface area contributed by atoms with E-state index in [0.29, 0.717) is 46.5 Å². The first-order valence-corrected chi connectivity index (χ1v) is 9.14. The number of methoxy groups -OCH3 is 2. The minimum absolute atomic E-state index is 0.0836. The van der Waals surface area contributed by atoms with Gasteiger partial charge in [0.05, 0.1) is 30.8 Å². The van der Waals surface area contributed by atoms with E-state index >= 15 is 0 Å². The number of benzene rings is 2. The summed E-state index contributed by atoms with van der Waals surface area (Å²) in [6.07, 6.45) is 0. The predicted molar refractivity (Wildman–Crippen MR) is 108 cm³/mol. The second-order valence-electron chi connectivity index (χ2n) is 6.41. The largest absolute Gasteiger partial charge is 0.493 e. The predicted octanol–water partition coefficient (Wildman–Crippen LogP) is 3.46. The van der Waals surface area contributed by atoms with Crippen molar-refractivity contribution in [1.82, 2.24) is 19.7 Å². The summed E-state index contributed by atoms with van der Waals surface area (Å²) in [4.78, 5) is 21.2. The Balaban J connectivity index is 1.80. The molecule has 2 heterocycles. The van der Waals surface area contributed by atoms with Crippen LogP contribution in [0.25, 0.3) is 33.9 Å². The maximum absolute atomic E-state index is 12.3. The minimum Gasteiger partial charge on any atom is -0.493 e. The van der Waals surface area contributed by atoms with E-state index in [2.05, 4.69) is 15.1 Å². The van der Waals surface area contributed by atoms with E-state index in [0.717, 1.165) is 11.1 Å². The number of hydrogen-bond donors (Lipinski definition) is 0. The maximum atomic E-state index is 12.3. The lowest BCUT2D eigenvalue weighted by Gasteiger charge is -2.09. The van der Waals surface area contributed by atoms with Gasteiger partial charge in [-0.05, 0) is 44.2 Å². The molecular weight excluding hydrogens is 372 g/mol. The van der Waals surface area contributed by atoms with Gasteiger partial charge in [-0.1, -0.05) is 11.2 Å². The van der Waals surface area contributed by atoms with E-state index in [9.17, 15) is 4.79 Å². The summed E-state index contributed by atoms with van der Waals surface area (Å²) in [5.41, 5.74) is 3.21. The van der Waals surface area contributed by atoms with Crippen LogP contribution in [0, 0.1) is 6.92 Å². The number of aryl methyl sites for hydroxylation is 2. The summed E-state index contributed by atoms with van der Waals surface area (Å²) in [7, 11) is 3.13. The van der Waals surface area contributed by atoms with Crippen LogP contribution in [0.3, 0.4) is 0 Å². The number of nitrogens with zero attached hydrogens (tertiary/aromatic N) is 4. The molecule has 0 bridgehead atoms. The first-order chi connectivity index (χ1) is 14.1. The number of ether oxygens (including phenoxy) is 2. The number of hydrogen-bond acceptors (Lipinski definition) is 7. The molecule has 148 valence electrons. The molecule has 0 saturated heterocycles. The molecule has 8 heteroatoms. The van der Waals surface area contributed by atoms with Gasteiger partial charge in [0.25, 0.3) is 11.4 Å². The zero-order chi connectivity index (χ0) is 20.5. The normalized spacial score (nSPS) is 11.0. The van der Waals surface area contributed by atoms with Gasteiger partial charge in [-0.25, -0.2) is 4.98 Å². The Morgan fingerprint density at radius 3 is 2.66 bits per heavy atom. The molecule has 8 nitrogen and oxygen atoms in total. The Morgan fingerprint density at radius 2 is 1.93 bits per heavy atom. The van der Waals surface area contributed by atoms with Crippen molar-refractivity contribution in [1.29, 1.82) is 0 Å². The highest BCUT2D eigenvalue weighted by molar-refractivity contribution is 5.80. The molecule has 4 aromatic rings. The number of fused-ring (bicyclic) bond motifs is 1. The third-order valence-corrected chi connectivity index (χ3v) is 4.74. The van der Waals surface area contributed by atoms with Crippen molar-refractivity contribution >= 4 is 11.0 Å². The molecule has 0 spiro atoms. The quantitative estimate of drug-likeness (QED) is 0.513. The van der Waals surface area contributed by atoms with Crippen molar-refractivity contribution in [3.63, 3.8) is 0 Å². The number of aromatic nitrogens is 4. The van der Waals surface area contributed by atoms with Crippen LogP contribution in [0.1, 0.15) is 12.6 Å². The van der Waals surface area contributed by atoms with Gasteiger partial charge in [-0.2, -0.15) is 4.98 Å². The van der Waals surface area contributed by atoms with Gasteiger partial charge in [0.1, 0.15) is 5.69 Å². The third kappa shape index (κ3) is 3.12. The van der Waals surface area contributed by atoms with Crippen LogP contribution in [0.2, 0.25) is 0 Å². The minimum atomic E-state index is -0.0836. The molecular formula is C21H20N4O4. The summed E-state index contributed by atoms with van der Waals surface area (Å²) in [5.74, 6) is 1.83.